The van der Waals surface area contributed by atoms with E-state index in [4.69, 9.17) is 46.4 Å². The van der Waals surface area contributed by atoms with E-state index in [0.717, 1.165) is 6.33 Å². The molecule has 14 heteroatoms. The first kappa shape index (κ1) is 27.3. The highest BCUT2D eigenvalue weighted by Gasteiger charge is 2.58. The molecule has 1 aromatic heterocycles. The number of hydrogen-bond acceptors (Lipinski definition) is 5. The van der Waals surface area contributed by atoms with Gasteiger partial charge in [-0.3, -0.25) is 0 Å². The van der Waals surface area contributed by atoms with Gasteiger partial charge in [-0.15, -0.1) is 11.6 Å². The van der Waals surface area contributed by atoms with Gasteiger partial charge in [0.2, 0.25) is 0 Å². The van der Waals surface area contributed by atoms with Crippen molar-refractivity contribution in [2.75, 3.05) is 0 Å². The maximum atomic E-state index is 14.6. The summed E-state index contributed by atoms with van der Waals surface area (Å²) < 4.78 is 55.8. The zero-order valence-electron chi connectivity index (χ0n) is 17.9. The lowest BCUT2D eigenvalue weighted by molar-refractivity contribution is -0.139. The fourth-order valence-corrected chi connectivity index (χ4v) is 5.79. The van der Waals surface area contributed by atoms with E-state index in [1.807, 2.05) is 0 Å². The highest BCUT2D eigenvalue weighted by atomic mass is 35.5. The molecule has 0 spiro atoms. The van der Waals surface area contributed by atoms with E-state index in [9.17, 15) is 27.9 Å². The van der Waals surface area contributed by atoms with Gasteiger partial charge in [-0.25, -0.2) is 14.1 Å². The Balaban J connectivity index is 1.72. The summed E-state index contributed by atoms with van der Waals surface area (Å²) in [7, 11) is 0. The Hall–Kier alpha value is -1.74. The van der Waals surface area contributed by atoms with Crippen LogP contribution in [0.5, 0.6) is 0 Å². The average Bonchev–Trinajstić information content (AvgIpc) is 3.42. The molecule has 1 fully saturated rings. The van der Waals surface area contributed by atoms with E-state index in [-0.39, 0.29) is 23.0 Å². The monoisotopic (exact) mass is 598 g/mol. The van der Waals surface area contributed by atoms with Crippen LogP contribution in [0.1, 0.15) is 29.5 Å². The molecule has 1 atom stereocenters. The number of nitriles is 1. The summed E-state index contributed by atoms with van der Waals surface area (Å²) in [5, 5.41) is 23.6. The Morgan fingerprint density at radius 2 is 1.83 bits per heavy atom. The molecule has 3 aromatic rings. The van der Waals surface area contributed by atoms with E-state index in [1.54, 1.807) is 30.3 Å². The number of halogens is 8. The summed E-state index contributed by atoms with van der Waals surface area (Å²) in [6, 6.07) is 8.49. The number of alkyl halides is 4. The van der Waals surface area contributed by atoms with Crippen molar-refractivity contribution in [3.63, 3.8) is 0 Å². The molecule has 1 N–H and O–H groups in total. The lowest BCUT2D eigenvalue weighted by atomic mass is 9.89. The fraction of sp³-hybridized carbons (Fsp3) is 0.318. The van der Waals surface area contributed by atoms with Crippen LogP contribution < -0.4 is 0 Å². The summed E-state index contributed by atoms with van der Waals surface area (Å²) in [5.74, 6) is -1.81. The molecule has 0 radical (unpaired) electrons. The average molecular weight is 600 g/mol. The maximum Gasteiger partial charge on any atom is 0.420 e. The molecule has 0 bridgehead atoms. The number of rotatable bonds is 7. The highest BCUT2D eigenvalue weighted by molar-refractivity contribution is 7.99. The molecule has 190 valence electrons. The summed E-state index contributed by atoms with van der Waals surface area (Å²) in [6.07, 6.45) is -2.92. The predicted octanol–water partition coefficient (Wildman–Crippen LogP) is 7.16. The van der Waals surface area contributed by atoms with Gasteiger partial charge in [-0.1, -0.05) is 53.0 Å². The van der Waals surface area contributed by atoms with Crippen LogP contribution in [0.2, 0.25) is 15.1 Å². The number of hydrogen-bond donors (Lipinski definition) is 1. The van der Waals surface area contributed by atoms with Crippen molar-refractivity contribution in [2.45, 2.75) is 52.5 Å². The number of nitrogens with zero attached hydrogens (tertiary/aromatic N) is 4. The Bertz CT molecular complexity index is 1370. The third kappa shape index (κ3) is 5.02. The third-order valence-corrected chi connectivity index (χ3v) is 8.88. The van der Waals surface area contributed by atoms with Crippen LogP contribution in [-0.2, 0) is 19.1 Å². The van der Waals surface area contributed by atoms with Gasteiger partial charge < -0.3 is 5.11 Å². The Kier molecular flexibility index (Phi) is 7.47. The second-order valence-electron chi connectivity index (χ2n) is 8.20. The van der Waals surface area contributed by atoms with E-state index >= 15 is 0 Å². The summed E-state index contributed by atoms with van der Waals surface area (Å²) in [5.41, 5.74) is -3.40. The Morgan fingerprint density at radius 1 is 1.17 bits per heavy atom. The van der Waals surface area contributed by atoms with Crippen molar-refractivity contribution in [3.8, 4) is 6.07 Å². The molecule has 36 heavy (non-hydrogen) atoms. The zero-order valence-corrected chi connectivity index (χ0v) is 21.7. The molecule has 0 aliphatic heterocycles. The Labute approximate surface area is 226 Å². The first-order valence-corrected chi connectivity index (χ1v) is 12.5. The second-order valence-corrected chi connectivity index (χ2v) is 11.1. The topological polar surface area (TPSA) is 74.7 Å². The van der Waals surface area contributed by atoms with Gasteiger partial charge in [0.05, 0.1) is 31.9 Å². The molecular formula is C22H14Cl4F4N4OS. The van der Waals surface area contributed by atoms with Gasteiger partial charge >= 0.3 is 6.18 Å². The standard InChI is InChI=1S/C22H14Cl4F4N4OS/c23-13-4-2-1-3-11(13)7-21(35,20(26)5-6-20)9-34-19(32-10-33-34)36-18-12(8-31)15(24)14(22(28,29)30)17(27)16(18)25/h1-4,10,35H,5-7,9H2. The van der Waals surface area contributed by atoms with Crippen LogP contribution in [0, 0.1) is 17.1 Å². The molecular weight excluding hydrogens is 586 g/mol. The minimum absolute atomic E-state index is 0.0159. The van der Waals surface area contributed by atoms with Gasteiger partial charge in [-0.05, 0) is 36.2 Å². The maximum absolute atomic E-state index is 14.6. The molecule has 1 unspecified atom stereocenters. The molecule has 2 aromatic carbocycles. The molecule has 1 saturated carbocycles. The molecule has 4 rings (SSSR count). The summed E-state index contributed by atoms with van der Waals surface area (Å²) in [4.78, 5) is 2.71. The third-order valence-electron chi connectivity index (χ3n) is 5.82. The van der Waals surface area contributed by atoms with E-state index in [2.05, 4.69) is 10.1 Å². The smallest absolute Gasteiger partial charge is 0.386 e. The zero-order chi connectivity index (χ0) is 26.5. The van der Waals surface area contributed by atoms with E-state index in [1.165, 1.54) is 4.68 Å². The molecule has 0 saturated heterocycles. The van der Waals surface area contributed by atoms with Crippen molar-refractivity contribution in [2.24, 2.45) is 0 Å². The predicted molar refractivity (Wildman–Crippen MR) is 128 cm³/mol. The van der Waals surface area contributed by atoms with Crippen LogP contribution in [0.3, 0.4) is 0 Å². The van der Waals surface area contributed by atoms with Gasteiger partial charge in [0.15, 0.2) is 11.0 Å². The van der Waals surface area contributed by atoms with Gasteiger partial charge in [0.25, 0.3) is 0 Å². The second kappa shape index (κ2) is 9.86. The number of aromatic nitrogens is 3. The SMILES string of the molecule is N#Cc1c(Cl)c(C(F)(F)F)c(F)c(Cl)c1Sc1ncnn1CC(O)(Cc1ccccc1Cl)C1(Cl)CC1. The van der Waals surface area contributed by atoms with Crippen molar-refractivity contribution in [1.82, 2.24) is 14.8 Å². The Morgan fingerprint density at radius 3 is 2.42 bits per heavy atom. The van der Waals surface area contributed by atoms with Gasteiger partial charge in [-0.2, -0.15) is 23.5 Å². The van der Waals surface area contributed by atoms with Gasteiger partial charge in [0, 0.05) is 11.4 Å². The minimum atomic E-state index is -5.17. The minimum Gasteiger partial charge on any atom is -0.386 e. The normalized spacial score (nSPS) is 16.4. The molecule has 1 heterocycles. The van der Waals surface area contributed by atoms with Crippen molar-refractivity contribution in [1.29, 1.82) is 5.26 Å². The van der Waals surface area contributed by atoms with Crippen molar-refractivity contribution < 1.29 is 22.7 Å². The largest absolute Gasteiger partial charge is 0.420 e. The van der Waals surface area contributed by atoms with E-state index in [0.29, 0.717) is 35.2 Å². The van der Waals surface area contributed by atoms with Crippen molar-refractivity contribution >= 4 is 58.2 Å². The van der Waals surface area contributed by atoms with Crippen LogP contribution in [0.4, 0.5) is 17.6 Å². The highest BCUT2D eigenvalue weighted by Crippen LogP contribution is 2.53. The number of benzene rings is 2. The lowest BCUT2D eigenvalue weighted by Crippen LogP contribution is -2.47. The fourth-order valence-electron chi connectivity index (χ4n) is 3.75. The quantitative estimate of drug-likeness (QED) is 0.177. The summed E-state index contributed by atoms with van der Waals surface area (Å²) >= 11 is 25.2. The van der Waals surface area contributed by atoms with Crippen molar-refractivity contribution in [3.05, 3.63) is 68.2 Å². The summed E-state index contributed by atoms with van der Waals surface area (Å²) in [6.45, 7) is -0.180. The molecule has 1 aliphatic carbocycles. The van der Waals surface area contributed by atoms with E-state index < -0.39 is 43.6 Å². The van der Waals surface area contributed by atoms with Crippen LogP contribution in [-0.4, -0.2) is 30.3 Å². The van der Waals surface area contributed by atoms with Gasteiger partial charge in [0.1, 0.15) is 23.6 Å². The first-order chi connectivity index (χ1) is 16.8. The molecule has 0 amide bonds. The van der Waals surface area contributed by atoms with Crippen LogP contribution >= 0.6 is 58.2 Å². The van der Waals surface area contributed by atoms with Crippen LogP contribution in [0.25, 0.3) is 0 Å². The molecule has 1 aliphatic rings. The van der Waals surface area contributed by atoms with Crippen LogP contribution in [0.15, 0.2) is 40.6 Å². The molecule has 5 nitrogen and oxygen atoms in total. The first-order valence-electron chi connectivity index (χ1n) is 10.2. The number of aliphatic hydroxyl groups is 1. The lowest BCUT2D eigenvalue weighted by Gasteiger charge is -2.33.